The first kappa shape index (κ1) is 19.2. The minimum atomic E-state index is 0.155. The van der Waals surface area contributed by atoms with Crippen molar-refractivity contribution in [2.75, 3.05) is 20.1 Å². The number of carbonyl (C=O) groups is 2. The molecule has 1 aliphatic rings. The van der Waals surface area contributed by atoms with Crippen molar-refractivity contribution < 1.29 is 9.59 Å². The van der Waals surface area contributed by atoms with Crippen LogP contribution in [0.4, 0.5) is 0 Å². The fourth-order valence-electron chi connectivity index (χ4n) is 3.63. The molecule has 142 valence electrons. The SMILES string of the molecule is CN(Cc1ccccc1)C(=O)CC1CCN(C(=O)CCc2ccccc2)C1. The molecule has 0 bridgehead atoms. The number of hydrogen-bond donors (Lipinski definition) is 0. The highest BCUT2D eigenvalue weighted by Gasteiger charge is 2.28. The molecule has 2 aromatic rings. The molecule has 0 spiro atoms. The second-order valence-corrected chi connectivity index (χ2v) is 7.42. The largest absolute Gasteiger partial charge is 0.342 e. The van der Waals surface area contributed by atoms with Gasteiger partial charge in [-0.2, -0.15) is 0 Å². The Bertz CT molecular complexity index is 745. The highest BCUT2D eigenvalue weighted by molar-refractivity contribution is 5.78. The zero-order valence-corrected chi connectivity index (χ0v) is 16.0. The van der Waals surface area contributed by atoms with Gasteiger partial charge in [0.25, 0.3) is 0 Å². The van der Waals surface area contributed by atoms with Gasteiger partial charge in [0.2, 0.25) is 11.8 Å². The van der Waals surface area contributed by atoms with Gasteiger partial charge in [-0.3, -0.25) is 9.59 Å². The van der Waals surface area contributed by atoms with E-state index in [1.807, 2.05) is 60.5 Å². The Labute approximate surface area is 161 Å². The van der Waals surface area contributed by atoms with E-state index in [1.54, 1.807) is 4.90 Å². The molecule has 27 heavy (non-hydrogen) atoms. The Hall–Kier alpha value is -2.62. The van der Waals surface area contributed by atoms with Gasteiger partial charge in [0.15, 0.2) is 0 Å². The smallest absolute Gasteiger partial charge is 0.222 e. The molecule has 2 amide bonds. The summed E-state index contributed by atoms with van der Waals surface area (Å²) in [5.74, 6) is 0.630. The average Bonchev–Trinajstić information content (AvgIpc) is 3.16. The van der Waals surface area contributed by atoms with Gasteiger partial charge in [-0.05, 0) is 29.9 Å². The van der Waals surface area contributed by atoms with Gasteiger partial charge in [0, 0.05) is 39.5 Å². The molecule has 1 atom stereocenters. The molecule has 0 saturated carbocycles. The number of nitrogens with zero attached hydrogens (tertiary/aromatic N) is 2. The monoisotopic (exact) mass is 364 g/mol. The molecule has 1 aliphatic heterocycles. The molecule has 0 N–H and O–H groups in total. The predicted octanol–water partition coefficient (Wildman–Crippen LogP) is 3.52. The van der Waals surface area contributed by atoms with Crippen LogP contribution in [0.1, 0.15) is 30.4 Å². The topological polar surface area (TPSA) is 40.6 Å². The van der Waals surface area contributed by atoms with Crippen LogP contribution < -0.4 is 0 Å². The fourth-order valence-corrected chi connectivity index (χ4v) is 3.63. The van der Waals surface area contributed by atoms with E-state index in [0.717, 1.165) is 24.9 Å². The average molecular weight is 364 g/mol. The van der Waals surface area contributed by atoms with Crippen molar-refractivity contribution >= 4 is 11.8 Å². The zero-order chi connectivity index (χ0) is 19.1. The van der Waals surface area contributed by atoms with E-state index in [1.165, 1.54) is 5.56 Å². The standard InChI is InChI=1S/C23H28N2O2/c1-24(17-20-10-6-3-7-11-20)23(27)16-21-14-15-25(18-21)22(26)13-12-19-8-4-2-5-9-19/h2-11,21H,12-18H2,1H3. The zero-order valence-electron chi connectivity index (χ0n) is 16.0. The van der Waals surface area contributed by atoms with Gasteiger partial charge in [-0.1, -0.05) is 60.7 Å². The molecular formula is C23H28N2O2. The Morgan fingerprint density at radius 2 is 1.63 bits per heavy atom. The van der Waals surface area contributed by atoms with Crippen molar-refractivity contribution in [2.24, 2.45) is 5.92 Å². The third kappa shape index (κ3) is 5.68. The molecule has 0 aromatic heterocycles. The van der Waals surface area contributed by atoms with Crippen LogP contribution in [0.25, 0.3) is 0 Å². The van der Waals surface area contributed by atoms with Crippen molar-refractivity contribution in [3.8, 4) is 0 Å². The summed E-state index contributed by atoms with van der Waals surface area (Å²) in [6.07, 6.45) is 2.76. The second-order valence-electron chi connectivity index (χ2n) is 7.42. The fraction of sp³-hybridized carbons (Fsp3) is 0.391. The van der Waals surface area contributed by atoms with E-state index in [-0.39, 0.29) is 17.7 Å². The molecule has 1 unspecified atom stereocenters. The summed E-state index contributed by atoms with van der Waals surface area (Å²) in [6, 6.07) is 20.1. The summed E-state index contributed by atoms with van der Waals surface area (Å²) in [5.41, 5.74) is 2.33. The maximum absolute atomic E-state index is 12.5. The van der Waals surface area contributed by atoms with Crippen LogP contribution in [0.3, 0.4) is 0 Å². The first-order chi connectivity index (χ1) is 13.1. The van der Waals surface area contributed by atoms with Gasteiger partial charge in [-0.15, -0.1) is 0 Å². The maximum atomic E-state index is 12.5. The molecule has 1 heterocycles. The molecular weight excluding hydrogens is 336 g/mol. The Kier molecular flexibility index (Phi) is 6.64. The quantitative estimate of drug-likeness (QED) is 0.754. The lowest BCUT2D eigenvalue weighted by molar-refractivity contribution is -0.133. The lowest BCUT2D eigenvalue weighted by Gasteiger charge is -2.20. The lowest BCUT2D eigenvalue weighted by atomic mass is 10.0. The van der Waals surface area contributed by atoms with Crippen molar-refractivity contribution in [3.05, 3.63) is 71.8 Å². The highest BCUT2D eigenvalue weighted by Crippen LogP contribution is 2.22. The van der Waals surface area contributed by atoms with Crippen LogP contribution in [0.5, 0.6) is 0 Å². The van der Waals surface area contributed by atoms with Crippen molar-refractivity contribution in [2.45, 2.75) is 32.2 Å². The molecule has 2 aromatic carbocycles. The third-order valence-electron chi connectivity index (χ3n) is 5.26. The van der Waals surface area contributed by atoms with Crippen molar-refractivity contribution in [1.29, 1.82) is 0 Å². The summed E-state index contributed by atoms with van der Waals surface area (Å²) >= 11 is 0. The molecule has 3 rings (SSSR count). The molecule has 1 saturated heterocycles. The third-order valence-corrected chi connectivity index (χ3v) is 5.26. The Balaban J connectivity index is 1.42. The summed E-state index contributed by atoms with van der Waals surface area (Å²) < 4.78 is 0. The van der Waals surface area contributed by atoms with E-state index in [9.17, 15) is 9.59 Å². The van der Waals surface area contributed by atoms with Gasteiger partial charge >= 0.3 is 0 Å². The molecule has 4 heteroatoms. The Morgan fingerprint density at radius 3 is 2.30 bits per heavy atom. The van der Waals surface area contributed by atoms with Gasteiger partial charge in [0.1, 0.15) is 0 Å². The minimum Gasteiger partial charge on any atom is -0.342 e. The highest BCUT2D eigenvalue weighted by atomic mass is 16.2. The van der Waals surface area contributed by atoms with Gasteiger partial charge < -0.3 is 9.80 Å². The molecule has 0 aliphatic carbocycles. The van der Waals surface area contributed by atoms with Crippen LogP contribution >= 0.6 is 0 Å². The maximum Gasteiger partial charge on any atom is 0.222 e. The number of benzene rings is 2. The predicted molar refractivity (Wildman–Crippen MR) is 107 cm³/mol. The van der Waals surface area contributed by atoms with E-state index in [2.05, 4.69) is 12.1 Å². The van der Waals surface area contributed by atoms with Gasteiger partial charge in [-0.25, -0.2) is 0 Å². The first-order valence-electron chi connectivity index (χ1n) is 9.71. The van der Waals surface area contributed by atoms with Crippen LogP contribution in [0.15, 0.2) is 60.7 Å². The number of hydrogen-bond acceptors (Lipinski definition) is 2. The number of rotatable bonds is 7. The number of aryl methyl sites for hydroxylation is 1. The summed E-state index contributed by atoms with van der Waals surface area (Å²) in [6.45, 7) is 2.11. The number of amides is 2. The van der Waals surface area contributed by atoms with Crippen molar-refractivity contribution in [1.82, 2.24) is 9.80 Å². The molecule has 0 radical (unpaired) electrons. The van der Waals surface area contributed by atoms with E-state index in [0.29, 0.717) is 25.9 Å². The van der Waals surface area contributed by atoms with Crippen LogP contribution in [-0.4, -0.2) is 41.8 Å². The minimum absolute atomic E-state index is 0.155. The number of likely N-dealkylation sites (tertiary alicyclic amines) is 1. The summed E-state index contributed by atoms with van der Waals surface area (Å²) in [4.78, 5) is 28.7. The van der Waals surface area contributed by atoms with Crippen LogP contribution in [-0.2, 0) is 22.6 Å². The van der Waals surface area contributed by atoms with Gasteiger partial charge in [0.05, 0.1) is 0 Å². The summed E-state index contributed by atoms with van der Waals surface area (Å²) in [5, 5.41) is 0. The molecule has 1 fully saturated rings. The van der Waals surface area contributed by atoms with E-state index in [4.69, 9.17) is 0 Å². The van der Waals surface area contributed by atoms with E-state index < -0.39 is 0 Å². The normalized spacial score (nSPS) is 16.3. The molecule has 4 nitrogen and oxygen atoms in total. The second kappa shape index (κ2) is 9.36. The van der Waals surface area contributed by atoms with Crippen LogP contribution in [0.2, 0.25) is 0 Å². The number of carbonyl (C=O) groups excluding carboxylic acids is 2. The van der Waals surface area contributed by atoms with Crippen LogP contribution in [0, 0.1) is 5.92 Å². The summed E-state index contributed by atoms with van der Waals surface area (Å²) in [7, 11) is 1.85. The van der Waals surface area contributed by atoms with Crippen molar-refractivity contribution in [3.63, 3.8) is 0 Å². The first-order valence-corrected chi connectivity index (χ1v) is 9.71. The lowest BCUT2D eigenvalue weighted by Crippen LogP contribution is -2.31. The Morgan fingerprint density at radius 1 is 1.00 bits per heavy atom. The van der Waals surface area contributed by atoms with E-state index >= 15 is 0 Å².